The maximum absolute atomic E-state index is 13.4. The second-order valence-corrected chi connectivity index (χ2v) is 9.87. The predicted octanol–water partition coefficient (Wildman–Crippen LogP) is 4.78. The summed E-state index contributed by atoms with van der Waals surface area (Å²) < 4.78 is 6.05. The molecule has 1 atom stereocenters. The maximum atomic E-state index is 13.4. The Kier molecular flexibility index (Phi) is 8.13. The average molecular weight is 443 g/mol. The first-order chi connectivity index (χ1) is 14.9. The van der Waals surface area contributed by atoms with Crippen molar-refractivity contribution in [3.8, 4) is 5.75 Å². The van der Waals surface area contributed by atoms with Crippen molar-refractivity contribution >= 4 is 23.2 Å². The van der Waals surface area contributed by atoms with Gasteiger partial charge in [-0.05, 0) is 47.9 Å². The molecule has 3 rings (SSSR count). The largest absolute Gasteiger partial charge is 0.491 e. The molecule has 0 saturated carbocycles. The molecule has 0 N–H and O–H groups in total. The Labute approximate surface area is 190 Å². The number of benzene rings is 1. The van der Waals surface area contributed by atoms with Crippen LogP contribution in [-0.4, -0.2) is 47.9 Å². The van der Waals surface area contributed by atoms with Gasteiger partial charge < -0.3 is 14.5 Å². The SMILES string of the molecule is CC(C)CCN(CC(=O)N1CCc2sccc2C1COc1ccccc1)C(=O)C(C)C. The molecule has 1 unspecified atom stereocenters. The molecule has 0 spiro atoms. The summed E-state index contributed by atoms with van der Waals surface area (Å²) in [6.07, 6.45) is 1.74. The van der Waals surface area contributed by atoms with E-state index in [-0.39, 0.29) is 30.3 Å². The van der Waals surface area contributed by atoms with E-state index in [1.54, 1.807) is 16.2 Å². The van der Waals surface area contributed by atoms with Crippen LogP contribution in [0.2, 0.25) is 0 Å². The van der Waals surface area contributed by atoms with Crippen molar-refractivity contribution in [3.63, 3.8) is 0 Å². The molecular formula is C25H34N2O3S. The van der Waals surface area contributed by atoms with Crippen molar-refractivity contribution < 1.29 is 14.3 Å². The molecule has 1 aliphatic heterocycles. The van der Waals surface area contributed by atoms with E-state index in [1.165, 1.54) is 10.4 Å². The lowest BCUT2D eigenvalue weighted by atomic mass is 10.00. The normalized spacial score (nSPS) is 15.8. The average Bonchev–Trinajstić information content (AvgIpc) is 3.23. The van der Waals surface area contributed by atoms with E-state index in [2.05, 4.69) is 25.3 Å². The summed E-state index contributed by atoms with van der Waals surface area (Å²) in [5.74, 6) is 1.19. The van der Waals surface area contributed by atoms with E-state index in [4.69, 9.17) is 4.74 Å². The number of hydrogen-bond donors (Lipinski definition) is 0. The van der Waals surface area contributed by atoms with E-state index >= 15 is 0 Å². The molecule has 1 aromatic carbocycles. The number of carbonyl (C=O) groups is 2. The van der Waals surface area contributed by atoms with Gasteiger partial charge in [-0.25, -0.2) is 0 Å². The minimum atomic E-state index is -0.135. The molecule has 0 aliphatic carbocycles. The molecule has 0 fully saturated rings. The molecule has 0 radical (unpaired) electrons. The Bertz CT molecular complexity index is 863. The number of ether oxygens (including phenoxy) is 1. The lowest BCUT2D eigenvalue weighted by Crippen LogP contribution is -2.48. The Morgan fingerprint density at radius 1 is 1.16 bits per heavy atom. The molecular weight excluding hydrogens is 408 g/mol. The Morgan fingerprint density at radius 3 is 2.58 bits per heavy atom. The third-order valence-electron chi connectivity index (χ3n) is 5.67. The Morgan fingerprint density at radius 2 is 1.90 bits per heavy atom. The number of amides is 2. The Hall–Kier alpha value is -2.34. The van der Waals surface area contributed by atoms with Crippen molar-refractivity contribution in [2.24, 2.45) is 11.8 Å². The highest BCUT2D eigenvalue weighted by Gasteiger charge is 2.33. The number of para-hydroxylation sites is 1. The van der Waals surface area contributed by atoms with Crippen LogP contribution in [0.15, 0.2) is 41.8 Å². The summed E-state index contributed by atoms with van der Waals surface area (Å²) in [5, 5.41) is 2.09. The van der Waals surface area contributed by atoms with Gasteiger partial charge in [0.25, 0.3) is 0 Å². The minimum absolute atomic E-state index is 0.00346. The van der Waals surface area contributed by atoms with E-state index in [0.717, 1.165) is 18.6 Å². The van der Waals surface area contributed by atoms with Crippen LogP contribution in [0, 0.1) is 11.8 Å². The van der Waals surface area contributed by atoms with Gasteiger partial charge in [-0.3, -0.25) is 9.59 Å². The van der Waals surface area contributed by atoms with Gasteiger partial charge in [0.1, 0.15) is 12.4 Å². The number of fused-ring (bicyclic) bond motifs is 1. The van der Waals surface area contributed by atoms with Crippen LogP contribution in [0.5, 0.6) is 5.75 Å². The van der Waals surface area contributed by atoms with Crippen LogP contribution < -0.4 is 4.74 Å². The predicted molar refractivity (Wildman–Crippen MR) is 125 cm³/mol. The van der Waals surface area contributed by atoms with Crippen molar-refractivity contribution in [1.29, 1.82) is 0 Å². The smallest absolute Gasteiger partial charge is 0.242 e. The summed E-state index contributed by atoms with van der Waals surface area (Å²) in [7, 11) is 0. The highest BCUT2D eigenvalue weighted by atomic mass is 32.1. The van der Waals surface area contributed by atoms with Gasteiger partial charge in [-0.15, -0.1) is 11.3 Å². The van der Waals surface area contributed by atoms with Crippen LogP contribution in [-0.2, 0) is 16.0 Å². The number of carbonyl (C=O) groups excluding carboxylic acids is 2. The topological polar surface area (TPSA) is 49.9 Å². The number of thiophene rings is 1. The zero-order chi connectivity index (χ0) is 22.4. The van der Waals surface area contributed by atoms with Gasteiger partial charge in [-0.1, -0.05) is 45.9 Å². The molecule has 168 valence electrons. The van der Waals surface area contributed by atoms with E-state index in [0.29, 0.717) is 25.6 Å². The quantitative estimate of drug-likeness (QED) is 0.561. The fraction of sp³-hybridized carbons (Fsp3) is 0.520. The van der Waals surface area contributed by atoms with Crippen LogP contribution in [0.25, 0.3) is 0 Å². The van der Waals surface area contributed by atoms with Crippen LogP contribution in [0.4, 0.5) is 0 Å². The van der Waals surface area contributed by atoms with Gasteiger partial charge in [0, 0.05) is 23.9 Å². The minimum Gasteiger partial charge on any atom is -0.491 e. The van der Waals surface area contributed by atoms with Gasteiger partial charge in [0.2, 0.25) is 11.8 Å². The number of nitrogens with zero attached hydrogens (tertiary/aromatic N) is 2. The lowest BCUT2D eigenvalue weighted by molar-refractivity contribution is -0.144. The van der Waals surface area contributed by atoms with Gasteiger partial charge in [0.15, 0.2) is 0 Å². The standard InChI is InChI=1S/C25H34N2O3S/c1-18(2)10-13-26(25(29)19(3)4)16-24(28)27-14-11-23-21(12-15-31-23)22(27)17-30-20-8-6-5-7-9-20/h5-9,12,15,18-19,22H,10-11,13-14,16-17H2,1-4H3. The summed E-state index contributed by atoms with van der Waals surface area (Å²) in [5.41, 5.74) is 1.17. The first kappa shape index (κ1) is 23.3. The van der Waals surface area contributed by atoms with Crippen molar-refractivity contribution in [3.05, 3.63) is 52.2 Å². The summed E-state index contributed by atoms with van der Waals surface area (Å²) in [6, 6.07) is 11.7. The molecule has 31 heavy (non-hydrogen) atoms. The summed E-state index contributed by atoms with van der Waals surface area (Å²) >= 11 is 1.74. The molecule has 0 saturated heterocycles. The maximum Gasteiger partial charge on any atom is 0.242 e. The summed E-state index contributed by atoms with van der Waals surface area (Å²) in [4.78, 5) is 31.1. The first-order valence-corrected chi connectivity index (χ1v) is 12.1. The molecule has 5 nitrogen and oxygen atoms in total. The number of hydrogen-bond acceptors (Lipinski definition) is 4. The van der Waals surface area contributed by atoms with Crippen molar-refractivity contribution in [2.75, 3.05) is 26.2 Å². The highest BCUT2D eigenvalue weighted by molar-refractivity contribution is 7.10. The van der Waals surface area contributed by atoms with Crippen LogP contribution >= 0.6 is 11.3 Å². The second-order valence-electron chi connectivity index (χ2n) is 8.87. The van der Waals surface area contributed by atoms with Gasteiger partial charge in [0.05, 0.1) is 12.6 Å². The number of rotatable bonds is 9. The monoisotopic (exact) mass is 442 g/mol. The van der Waals surface area contributed by atoms with Crippen LogP contribution in [0.1, 0.15) is 50.6 Å². The molecule has 2 amide bonds. The molecule has 1 aliphatic rings. The van der Waals surface area contributed by atoms with Gasteiger partial charge in [-0.2, -0.15) is 0 Å². The van der Waals surface area contributed by atoms with Gasteiger partial charge >= 0.3 is 0 Å². The Balaban J connectivity index is 1.75. The van der Waals surface area contributed by atoms with Crippen LogP contribution in [0.3, 0.4) is 0 Å². The zero-order valence-corrected chi connectivity index (χ0v) is 19.9. The zero-order valence-electron chi connectivity index (χ0n) is 19.0. The third-order valence-corrected chi connectivity index (χ3v) is 6.67. The fourth-order valence-corrected chi connectivity index (χ4v) is 4.80. The molecule has 2 heterocycles. The molecule has 0 bridgehead atoms. The lowest BCUT2D eigenvalue weighted by Gasteiger charge is -2.37. The molecule has 6 heteroatoms. The fourth-order valence-electron chi connectivity index (χ4n) is 3.87. The van der Waals surface area contributed by atoms with E-state index in [9.17, 15) is 9.59 Å². The van der Waals surface area contributed by atoms with E-state index < -0.39 is 0 Å². The van der Waals surface area contributed by atoms with Crippen molar-refractivity contribution in [1.82, 2.24) is 9.80 Å². The summed E-state index contributed by atoms with van der Waals surface area (Å²) in [6.45, 7) is 9.87. The molecule has 1 aromatic heterocycles. The highest BCUT2D eigenvalue weighted by Crippen LogP contribution is 2.34. The van der Waals surface area contributed by atoms with Crippen molar-refractivity contribution in [2.45, 2.75) is 46.6 Å². The molecule has 2 aromatic rings. The second kappa shape index (κ2) is 10.8. The first-order valence-electron chi connectivity index (χ1n) is 11.2. The third kappa shape index (κ3) is 6.10. The van der Waals surface area contributed by atoms with E-state index in [1.807, 2.05) is 49.1 Å².